The van der Waals surface area contributed by atoms with E-state index in [1.165, 1.54) is 0 Å². The number of hydrogen-bond acceptors (Lipinski definition) is 5. The zero-order chi connectivity index (χ0) is 14.3. The molecule has 0 radical (unpaired) electrons. The first-order valence-corrected chi connectivity index (χ1v) is 7.45. The van der Waals surface area contributed by atoms with Gasteiger partial charge < -0.3 is 15.0 Å². The van der Waals surface area contributed by atoms with Gasteiger partial charge in [-0.3, -0.25) is 0 Å². The Morgan fingerprint density at radius 1 is 1.32 bits per heavy atom. The molecule has 1 unspecified atom stereocenters. The van der Waals surface area contributed by atoms with E-state index >= 15 is 0 Å². The fraction of sp³-hybridized carbons (Fsp3) is 0.417. The Balaban J connectivity index is 2.23. The highest BCUT2D eigenvalue weighted by Gasteiger charge is 2.11. The highest BCUT2D eigenvalue weighted by Crippen LogP contribution is 2.03. The Bertz CT molecular complexity index is 500. The van der Waals surface area contributed by atoms with Crippen molar-refractivity contribution in [2.45, 2.75) is 18.9 Å². The van der Waals surface area contributed by atoms with Crippen LogP contribution >= 0.6 is 0 Å². The summed E-state index contributed by atoms with van der Waals surface area (Å²) in [6, 6.07) is 8.10. The second kappa shape index (κ2) is 7.22. The molecule has 0 aliphatic rings. The number of esters is 1. The summed E-state index contributed by atoms with van der Waals surface area (Å²) in [5.74, 6) is -0.905. The van der Waals surface area contributed by atoms with Crippen LogP contribution in [0.15, 0.2) is 30.3 Å². The van der Waals surface area contributed by atoms with Crippen molar-refractivity contribution in [2.75, 3.05) is 12.4 Å². The fourth-order valence-corrected chi connectivity index (χ4v) is 2.31. The smallest absolute Gasteiger partial charge is 0.338 e. The monoisotopic (exact) mass is 287 g/mol. The van der Waals surface area contributed by atoms with Crippen molar-refractivity contribution in [3.8, 4) is 0 Å². The second-order valence-electron chi connectivity index (χ2n) is 4.23. The van der Waals surface area contributed by atoms with E-state index in [4.69, 9.17) is 4.74 Å². The summed E-state index contributed by atoms with van der Waals surface area (Å²) < 4.78 is 36.5. The predicted octanol–water partition coefficient (Wildman–Crippen LogP) is -0.221. The molecule has 7 heteroatoms. The standard InChI is InChI=1S/C12H17NO5S/c13-11(9-19(15,16)17)7-4-8-18-12(14)10-5-2-1-3-6-10/h1-3,5-6,11H,4,7-9,13H2,(H,15,16,17). The van der Waals surface area contributed by atoms with Gasteiger partial charge in [-0.25, -0.2) is 13.2 Å². The third-order valence-corrected chi connectivity index (χ3v) is 3.32. The largest absolute Gasteiger partial charge is 0.748 e. The maximum Gasteiger partial charge on any atom is 0.338 e. The first-order valence-electron chi connectivity index (χ1n) is 5.87. The fourth-order valence-electron chi connectivity index (χ4n) is 1.57. The number of carbonyl (C=O) groups is 1. The number of benzene rings is 1. The van der Waals surface area contributed by atoms with Crippen LogP contribution in [0.25, 0.3) is 0 Å². The van der Waals surface area contributed by atoms with E-state index < -0.39 is 27.9 Å². The van der Waals surface area contributed by atoms with Gasteiger partial charge in [-0.05, 0) is 18.6 Å². The summed E-state index contributed by atoms with van der Waals surface area (Å²) in [5, 5.41) is 0. The van der Waals surface area contributed by atoms with Gasteiger partial charge >= 0.3 is 5.97 Å². The lowest BCUT2D eigenvalue weighted by atomic mass is 10.2. The van der Waals surface area contributed by atoms with Gasteiger partial charge in [-0.15, -0.1) is 0 Å². The third-order valence-electron chi connectivity index (χ3n) is 2.44. The molecule has 0 saturated heterocycles. The number of carbonyl (C=O) groups excluding carboxylic acids is 1. The summed E-state index contributed by atoms with van der Waals surface area (Å²) in [6.45, 7) is 0.179. The molecular formula is C12H17NO5S. The van der Waals surface area contributed by atoms with Crippen molar-refractivity contribution in [3.63, 3.8) is 0 Å². The summed E-state index contributed by atoms with van der Waals surface area (Å²) in [6.07, 6.45) is 0.895. The third kappa shape index (κ3) is 6.90. The minimum atomic E-state index is -4.24. The predicted molar refractivity (Wildman–Crippen MR) is 67.2 cm³/mol. The van der Waals surface area contributed by atoms with Crippen molar-refractivity contribution < 1.29 is 28.2 Å². The van der Waals surface area contributed by atoms with Crippen molar-refractivity contribution in [2.24, 2.45) is 0 Å². The Morgan fingerprint density at radius 3 is 2.53 bits per heavy atom. The molecule has 0 fully saturated rings. The number of ether oxygens (including phenoxy) is 1. The molecule has 0 bridgehead atoms. The van der Waals surface area contributed by atoms with Crippen LogP contribution in [0.5, 0.6) is 0 Å². The summed E-state index contributed by atoms with van der Waals surface area (Å²) in [7, 11) is -4.24. The van der Waals surface area contributed by atoms with Gasteiger partial charge in [0.05, 0.1) is 24.0 Å². The first kappa shape index (κ1) is 15.6. The second-order valence-corrected chi connectivity index (χ2v) is 5.68. The Labute approximate surface area is 112 Å². The van der Waals surface area contributed by atoms with Gasteiger partial charge in [-0.2, -0.15) is 0 Å². The van der Waals surface area contributed by atoms with E-state index in [0.29, 0.717) is 18.4 Å². The molecule has 1 rings (SSSR count). The minimum Gasteiger partial charge on any atom is -0.748 e. The van der Waals surface area contributed by atoms with E-state index in [2.05, 4.69) is 5.73 Å². The molecule has 106 valence electrons. The molecule has 0 heterocycles. The molecule has 0 aliphatic carbocycles. The number of quaternary nitrogens is 1. The van der Waals surface area contributed by atoms with E-state index in [-0.39, 0.29) is 6.61 Å². The molecule has 1 aromatic rings. The van der Waals surface area contributed by atoms with Crippen molar-refractivity contribution >= 4 is 16.1 Å². The SMILES string of the molecule is [NH3+]C(CCCOC(=O)c1ccccc1)CS(=O)(=O)[O-]. The lowest BCUT2D eigenvalue weighted by Gasteiger charge is -2.11. The maximum atomic E-state index is 11.5. The maximum absolute atomic E-state index is 11.5. The molecule has 1 atom stereocenters. The molecule has 0 saturated carbocycles. The summed E-state index contributed by atoms with van der Waals surface area (Å²) in [5.41, 5.74) is 4.05. The van der Waals surface area contributed by atoms with Crippen LogP contribution in [0, 0.1) is 0 Å². The highest BCUT2D eigenvalue weighted by molar-refractivity contribution is 7.85. The Kier molecular flexibility index (Phi) is 5.94. The van der Waals surface area contributed by atoms with E-state index in [9.17, 15) is 17.8 Å². The molecule has 0 spiro atoms. The number of rotatable bonds is 7. The highest BCUT2D eigenvalue weighted by atomic mass is 32.2. The van der Waals surface area contributed by atoms with E-state index in [1.807, 2.05) is 0 Å². The molecule has 0 aromatic heterocycles. The van der Waals surface area contributed by atoms with Crippen LogP contribution in [-0.2, 0) is 14.9 Å². The van der Waals surface area contributed by atoms with Crippen molar-refractivity contribution in [1.29, 1.82) is 0 Å². The molecule has 0 aliphatic heterocycles. The van der Waals surface area contributed by atoms with Gasteiger partial charge in [0.2, 0.25) is 0 Å². The summed E-state index contributed by atoms with van der Waals surface area (Å²) >= 11 is 0. The van der Waals surface area contributed by atoms with Gasteiger partial charge in [-0.1, -0.05) is 18.2 Å². The minimum absolute atomic E-state index is 0.179. The lowest BCUT2D eigenvalue weighted by Crippen LogP contribution is -2.63. The molecular weight excluding hydrogens is 270 g/mol. The van der Waals surface area contributed by atoms with Gasteiger partial charge in [0, 0.05) is 6.42 Å². The molecule has 1 aromatic carbocycles. The van der Waals surface area contributed by atoms with Crippen LogP contribution in [0.4, 0.5) is 0 Å². The van der Waals surface area contributed by atoms with Crippen LogP contribution in [0.1, 0.15) is 23.2 Å². The normalized spacial score (nSPS) is 12.9. The average molecular weight is 287 g/mol. The van der Waals surface area contributed by atoms with Gasteiger partial charge in [0.1, 0.15) is 10.1 Å². The Morgan fingerprint density at radius 2 is 1.95 bits per heavy atom. The Hall–Kier alpha value is -1.44. The van der Waals surface area contributed by atoms with Gasteiger partial charge in [0.25, 0.3) is 0 Å². The zero-order valence-corrected chi connectivity index (χ0v) is 11.3. The number of hydrogen-bond donors (Lipinski definition) is 1. The first-order chi connectivity index (χ1) is 8.88. The van der Waals surface area contributed by atoms with Crippen molar-refractivity contribution in [1.82, 2.24) is 0 Å². The lowest BCUT2D eigenvalue weighted by molar-refractivity contribution is -0.414. The van der Waals surface area contributed by atoms with Crippen molar-refractivity contribution in [3.05, 3.63) is 35.9 Å². The zero-order valence-electron chi connectivity index (χ0n) is 10.4. The van der Waals surface area contributed by atoms with Gasteiger partial charge in [0.15, 0.2) is 0 Å². The molecule has 0 amide bonds. The average Bonchev–Trinajstić information content (AvgIpc) is 2.33. The molecule has 19 heavy (non-hydrogen) atoms. The molecule has 6 nitrogen and oxygen atoms in total. The van der Waals surface area contributed by atoms with E-state index in [1.54, 1.807) is 30.3 Å². The van der Waals surface area contributed by atoms with Crippen LogP contribution in [0.3, 0.4) is 0 Å². The van der Waals surface area contributed by atoms with E-state index in [0.717, 1.165) is 0 Å². The summed E-state index contributed by atoms with van der Waals surface area (Å²) in [4.78, 5) is 11.5. The quantitative estimate of drug-likeness (QED) is 0.423. The van der Waals surface area contributed by atoms with Crippen LogP contribution in [0.2, 0.25) is 0 Å². The van der Waals surface area contributed by atoms with Crippen LogP contribution < -0.4 is 5.73 Å². The van der Waals surface area contributed by atoms with Crippen LogP contribution in [-0.4, -0.2) is 37.3 Å². The molecule has 3 N–H and O–H groups in total. The topological polar surface area (TPSA) is 111 Å².